The monoisotopic (exact) mass is 1320 g/mol. The molecule has 0 amide bonds. The number of rotatable bonds is 75. The van der Waals surface area contributed by atoms with E-state index in [4.69, 9.17) is 24.3 Å². The van der Waals surface area contributed by atoms with Crippen molar-refractivity contribution < 1.29 is 37.6 Å². The topological polar surface area (TPSA) is 134 Å². The van der Waals surface area contributed by atoms with Crippen LogP contribution in [0.25, 0.3) is 0 Å². The maximum absolute atomic E-state index is 12.8. The zero-order valence-electron chi connectivity index (χ0n) is 61.0. The Hall–Kier alpha value is -3.07. The van der Waals surface area contributed by atoms with Gasteiger partial charge < -0.3 is 20.1 Å². The minimum atomic E-state index is -4.40. The summed E-state index contributed by atoms with van der Waals surface area (Å²) in [5.74, 6) is -0.810. The van der Waals surface area contributed by atoms with Crippen LogP contribution in [0.15, 0.2) is 97.2 Å². The molecule has 0 saturated carbocycles. The first-order chi connectivity index (χ1) is 45.8. The molecular weight excluding hydrogens is 1170 g/mol. The van der Waals surface area contributed by atoms with Gasteiger partial charge >= 0.3 is 19.8 Å². The number of unbranched alkanes of at least 4 members (excludes halogenated alkanes) is 46. The predicted molar refractivity (Wildman–Crippen MR) is 404 cm³/mol. The Balaban J connectivity index is 3.80. The van der Waals surface area contributed by atoms with Gasteiger partial charge in [-0.1, -0.05) is 374 Å². The van der Waals surface area contributed by atoms with Crippen LogP contribution in [0.4, 0.5) is 0 Å². The number of hydrogen-bond acceptors (Lipinski definition) is 8. The number of hydrogen-bond donors (Lipinski definition) is 2. The molecule has 0 heterocycles. The molecule has 93 heavy (non-hydrogen) atoms. The van der Waals surface area contributed by atoms with Crippen LogP contribution in [0.2, 0.25) is 0 Å². The van der Waals surface area contributed by atoms with E-state index >= 15 is 0 Å². The van der Waals surface area contributed by atoms with Gasteiger partial charge in [-0.3, -0.25) is 18.6 Å². The van der Waals surface area contributed by atoms with E-state index in [0.717, 1.165) is 83.5 Å². The van der Waals surface area contributed by atoms with Crippen molar-refractivity contribution in [3.63, 3.8) is 0 Å². The van der Waals surface area contributed by atoms with Crippen molar-refractivity contribution in [3.8, 4) is 0 Å². The molecule has 0 bridgehead atoms. The van der Waals surface area contributed by atoms with Gasteiger partial charge in [-0.05, 0) is 96.3 Å². The van der Waals surface area contributed by atoms with Gasteiger partial charge in [0.25, 0.3) is 0 Å². The third kappa shape index (κ3) is 77.8. The van der Waals surface area contributed by atoms with Crippen LogP contribution < -0.4 is 5.73 Å². The number of phosphoric ester groups is 1. The molecule has 0 aromatic rings. The lowest BCUT2D eigenvalue weighted by Gasteiger charge is -2.19. The van der Waals surface area contributed by atoms with Gasteiger partial charge in [0.2, 0.25) is 0 Å². The molecule has 0 aliphatic rings. The molecule has 3 N–H and O–H groups in total. The van der Waals surface area contributed by atoms with Crippen LogP contribution in [0.3, 0.4) is 0 Å². The summed E-state index contributed by atoms with van der Waals surface area (Å²) < 4.78 is 33.3. The van der Waals surface area contributed by atoms with E-state index in [2.05, 4.69) is 111 Å². The van der Waals surface area contributed by atoms with Gasteiger partial charge in [-0.2, -0.15) is 0 Å². The van der Waals surface area contributed by atoms with Gasteiger partial charge in [-0.15, -0.1) is 0 Å². The fraction of sp³-hybridized carbons (Fsp3) is 0.783. The van der Waals surface area contributed by atoms with Gasteiger partial charge in [0.1, 0.15) is 6.61 Å². The third-order valence-electron chi connectivity index (χ3n) is 17.5. The van der Waals surface area contributed by atoms with E-state index < -0.39 is 26.5 Å². The number of phosphoric acid groups is 1. The molecule has 0 saturated heterocycles. The van der Waals surface area contributed by atoms with Crippen molar-refractivity contribution in [2.75, 3.05) is 26.4 Å². The standard InChI is InChI=1S/C83H150NO8P/c1-3-5-7-9-11-13-15-17-19-21-23-25-27-29-31-33-35-37-38-39-40-41-42-44-46-48-50-52-54-56-58-60-62-64-66-68-70-72-74-76-83(86)92-81(80-91-93(87,88)90-78-77-84)79-89-82(85)75-73-71-69-67-65-63-61-59-57-55-53-51-49-47-45-43-36-34-32-30-28-26-24-22-20-18-16-14-12-10-8-6-4-2/h5,7,11,13,17,19,22-25,29,31,35,37,39-40,81H,3-4,6,8-10,12,14-16,18,20-21,26-28,30,32-34,36,38,41-80,84H2,1-2H3,(H,87,88)/b7-5-,13-11-,19-17-,24-22-,25-23-,31-29-,37-35-,40-39-. The molecule has 0 aliphatic carbocycles. The first-order valence-electron chi connectivity index (χ1n) is 39.7. The normalized spacial score (nSPS) is 13.4. The van der Waals surface area contributed by atoms with E-state index in [1.165, 1.54) is 270 Å². The lowest BCUT2D eigenvalue weighted by atomic mass is 10.0. The summed E-state index contributed by atoms with van der Waals surface area (Å²) in [5.41, 5.74) is 5.42. The number of allylic oxidation sites excluding steroid dienone is 16. The Kier molecular flexibility index (Phi) is 75.4. The highest BCUT2D eigenvalue weighted by Gasteiger charge is 2.26. The molecule has 0 fully saturated rings. The Bertz CT molecular complexity index is 1850. The van der Waals surface area contributed by atoms with Crippen molar-refractivity contribution in [2.24, 2.45) is 5.73 Å². The third-order valence-corrected chi connectivity index (χ3v) is 18.4. The van der Waals surface area contributed by atoms with Crippen molar-refractivity contribution in [1.29, 1.82) is 0 Å². The number of carbonyl (C=O) groups excluding carboxylic acids is 2. The molecule has 10 heteroatoms. The SMILES string of the molecule is CC/C=C\C/C=C\C/C=C\C/C=C\C/C=C\C/C=C\C/C=C\CCCCCCCCCCCCCCCCCCCC(=O)OC(COC(=O)CCCCCCCCCCCCCCCCCCCCCCC/C=C\CCCCCCCCCC)COP(=O)(O)OCCN. The van der Waals surface area contributed by atoms with E-state index in [0.29, 0.717) is 6.42 Å². The molecule has 0 spiro atoms. The number of esters is 2. The molecule has 9 nitrogen and oxygen atoms in total. The minimum absolute atomic E-state index is 0.0531. The summed E-state index contributed by atoms with van der Waals surface area (Å²) in [6, 6.07) is 0. The quantitative estimate of drug-likeness (QED) is 0.0264. The number of nitrogens with two attached hydrogens (primary N) is 1. The molecule has 0 rings (SSSR count). The fourth-order valence-electron chi connectivity index (χ4n) is 11.6. The minimum Gasteiger partial charge on any atom is -0.462 e. The second-order valence-electron chi connectivity index (χ2n) is 26.6. The summed E-state index contributed by atoms with van der Waals surface area (Å²) in [6.45, 7) is 3.69. The molecule has 0 aromatic carbocycles. The highest BCUT2D eigenvalue weighted by molar-refractivity contribution is 7.47. The Morgan fingerprint density at radius 2 is 0.591 bits per heavy atom. The molecule has 0 radical (unpaired) electrons. The lowest BCUT2D eigenvalue weighted by molar-refractivity contribution is -0.161. The second-order valence-corrected chi connectivity index (χ2v) is 28.0. The van der Waals surface area contributed by atoms with Crippen LogP contribution in [-0.2, 0) is 32.7 Å². The molecule has 0 aromatic heterocycles. The largest absolute Gasteiger partial charge is 0.472 e. The van der Waals surface area contributed by atoms with Crippen molar-refractivity contribution in [1.82, 2.24) is 0 Å². The average Bonchev–Trinajstić information content (AvgIpc) is 3.60. The maximum atomic E-state index is 12.8. The van der Waals surface area contributed by atoms with Gasteiger partial charge in [-0.25, -0.2) is 4.57 Å². The van der Waals surface area contributed by atoms with Crippen molar-refractivity contribution in [2.45, 2.75) is 392 Å². The predicted octanol–water partition coefficient (Wildman–Crippen LogP) is 26.6. The summed E-state index contributed by atoms with van der Waals surface area (Å²) in [4.78, 5) is 35.5. The van der Waals surface area contributed by atoms with Crippen molar-refractivity contribution in [3.05, 3.63) is 97.2 Å². The van der Waals surface area contributed by atoms with Crippen molar-refractivity contribution >= 4 is 19.8 Å². The van der Waals surface area contributed by atoms with Gasteiger partial charge in [0, 0.05) is 19.4 Å². The summed E-state index contributed by atoms with van der Waals surface area (Å²) >= 11 is 0. The zero-order valence-corrected chi connectivity index (χ0v) is 61.9. The lowest BCUT2D eigenvalue weighted by Crippen LogP contribution is -2.29. The van der Waals surface area contributed by atoms with Gasteiger partial charge in [0.15, 0.2) is 6.10 Å². The molecule has 0 aliphatic heterocycles. The Labute approximate surface area is 576 Å². The van der Waals surface area contributed by atoms with Crippen LogP contribution >= 0.6 is 7.82 Å². The second kappa shape index (κ2) is 77.9. The van der Waals surface area contributed by atoms with Crippen LogP contribution in [0.1, 0.15) is 386 Å². The van der Waals surface area contributed by atoms with Gasteiger partial charge in [0.05, 0.1) is 13.2 Å². The average molecular weight is 1320 g/mol. The van der Waals surface area contributed by atoms with E-state index in [1.807, 2.05) is 0 Å². The van der Waals surface area contributed by atoms with E-state index in [9.17, 15) is 19.0 Å². The summed E-state index contributed by atoms with van der Waals surface area (Å²) in [7, 11) is -4.40. The van der Waals surface area contributed by atoms with Crippen LogP contribution in [0.5, 0.6) is 0 Å². The Morgan fingerprint density at radius 1 is 0.333 bits per heavy atom. The highest BCUT2D eigenvalue weighted by atomic mass is 31.2. The molecular formula is C83H150NO8P. The smallest absolute Gasteiger partial charge is 0.462 e. The zero-order chi connectivity index (χ0) is 67.2. The van der Waals surface area contributed by atoms with E-state index in [-0.39, 0.29) is 38.6 Å². The highest BCUT2D eigenvalue weighted by Crippen LogP contribution is 2.43. The summed E-state index contributed by atoms with van der Waals surface area (Å²) in [6.07, 6.45) is 107. The molecule has 2 atom stereocenters. The maximum Gasteiger partial charge on any atom is 0.472 e. The number of ether oxygens (including phenoxy) is 2. The summed E-state index contributed by atoms with van der Waals surface area (Å²) in [5, 5.41) is 0. The first-order valence-corrected chi connectivity index (χ1v) is 41.2. The van der Waals surface area contributed by atoms with Crippen LogP contribution in [0, 0.1) is 0 Å². The van der Waals surface area contributed by atoms with Crippen LogP contribution in [-0.4, -0.2) is 49.3 Å². The number of carbonyl (C=O) groups is 2. The Morgan fingerprint density at radius 3 is 0.892 bits per heavy atom. The first kappa shape index (κ1) is 89.9. The molecule has 540 valence electrons. The van der Waals surface area contributed by atoms with E-state index in [1.54, 1.807) is 0 Å². The molecule has 2 unspecified atom stereocenters. The fourth-order valence-corrected chi connectivity index (χ4v) is 12.4.